The lowest BCUT2D eigenvalue weighted by Crippen LogP contribution is -2.52. The molecule has 25 heavy (non-hydrogen) atoms. The van der Waals surface area contributed by atoms with Gasteiger partial charge in [-0.2, -0.15) is 4.31 Å². The van der Waals surface area contributed by atoms with Gasteiger partial charge in [-0.05, 0) is 22.9 Å². The molecule has 0 aromatic heterocycles. The first-order chi connectivity index (χ1) is 11.7. The predicted molar refractivity (Wildman–Crippen MR) is 98.7 cm³/mol. The van der Waals surface area contributed by atoms with E-state index < -0.39 is 15.4 Å². The molecule has 0 unspecified atom stereocenters. The molecule has 5 nitrogen and oxygen atoms in total. The molecule has 3 rings (SSSR count). The fourth-order valence-corrected chi connectivity index (χ4v) is 4.54. The summed E-state index contributed by atoms with van der Waals surface area (Å²) in [5.41, 5.74) is -0.445. The fourth-order valence-electron chi connectivity index (χ4n) is 3.08. The van der Waals surface area contributed by atoms with E-state index in [1.807, 2.05) is 51.1 Å². The van der Waals surface area contributed by atoms with E-state index >= 15 is 0 Å². The summed E-state index contributed by atoms with van der Waals surface area (Å²) in [4.78, 5) is 14.4. The fraction of sp³-hybridized carbons (Fsp3) is 0.421. The molecule has 1 fully saturated rings. The largest absolute Gasteiger partial charge is 0.340 e. The second kappa shape index (κ2) is 6.42. The van der Waals surface area contributed by atoms with E-state index in [9.17, 15) is 13.2 Å². The molecular formula is C19H24N2O3S. The third-order valence-corrected chi connectivity index (χ3v) is 6.42. The van der Waals surface area contributed by atoms with E-state index in [1.54, 1.807) is 17.0 Å². The SMILES string of the molecule is CC(C)(C)C(=O)N1CCN(S(=O)(=O)c2ccc3ccccc3c2)CC1. The van der Waals surface area contributed by atoms with Crippen LogP contribution >= 0.6 is 0 Å². The lowest BCUT2D eigenvalue weighted by atomic mass is 9.94. The monoisotopic (exact) mass is 360 g/mol. The number of fused-ring (bicyclic) bond motifs is 1. The van der Waals surface area contributed by atoms with Crippen LogP contribution < -0.4 is 0 Å². The minimum atomic E-state index is -3.54. The van der Waals surface area contributed by atoms with E-state index in [0.29, 0.717) is 31.1 Å². The molecular weight excluding hydrogens is 336 g/mol. The van der Waals surface area contributed by atoms with Crippen LogP contribution in [-0.2, 0) is 14.8 Å². The highest BCUT2D eigenvalue weighted by Crippen LogP contribution is 2.24. The Morgan fingerprint density at radius 3 is 2.12 bits per heavy atom. The van der Waals surface area contributed by atoms with Crippen molar-refractivity contribution in [2.24, 2.45) is 5.41 Å². The summed E-state index contributed by atoms with van der Waals surface area (Å²) in [6.07, 6.45) is 0. The normalized spacial score (nSPS) is 17.0. The summed E-state index contributed by atoms with van der Waals surface area (Å²) in [6.45, 7) is 7.17. The maximum atomic E-state index is 12.9. The van der Waals surface area contributed by atoms with E-state index in [4.69, 9.17) is 0 Å². The van der Waals surface area contributed by atoms with Gasteiger partial charge in [0.05, 0.1) is 4.90 Å². The first-order valence-corrected chi connectivity index (χ1v) is 9.92. The Hall–Kier alpha value is -1.92. The van der Waals surface area contributed by atoms with Gasteiger partial charge < -0.3 is 4.90 Å². The molecule has 0 saturated carbocycles. The molecule has 6 heteroatoms. The second-order valence-electron chi connectivity index (χ2n) is 7.46. The van der Waals surface area contributed by atoms with Crippen LogP contribution in [0, 0.1) is 5.41 Å². The van der Waals surface area contributed by atoms with Crippen LogP contribution in [0.3, 0.4) is 0 Å². The van der Waals surface area contributed by atoms with Gasteiger partial charge in [0.1, 0.15) is 0 Å². The lowest BCUT2D eigenvalue weighted by molar-refractivity contribution is -0.140. The van der Waals surface area contributed by atoms with Gasteiger partial charge in [-0.1, -0.05) is 51.1 Å². The minimum absolute atomic E-state index is 0.0650. The highest BCUT2D eigenvalue weighted by Gasteiger charge is 2.33. The first-order valence-electron chi connectivity index (χ1n) is 8.48. The van der Waals surface area contributed by atoms with Crippen LogP contribution in [0.4, 0.5) is 0 Å². The summed E-state index contributed by atoms with van der Waals surface area (Å²) in [5, 5.41) is 1.92. The number of benzene rings is 2. The zero-order chi connectivity index (χ0) is 18.2. The van der Waals surface area contributed by atoms with Crippen molar-refractivity contribution in [3.8, 4) is 0 Å². The molecule has 0 atom stereocenters. The van der Waals surface area contributed by atoms with E-state index in [1.165, 1.54) is 4.31 Å². The van der Waals surface area contributed by atoms with Gasteiger partial charge in [0.25, 0.3) is 0 Å². The summed E-state index contributed by atoms with van der Waals surface area (Å²) in [7, 11) is -3.54. The van der Waals surface area contributed by atoms with Crippen molar-refractivity contribution in [2.75, 3.05) is 26.2 Å². The zero-order valence-electron chi connectivity index (χ0n) is 14.9. The van der Waals surface area contributed by atoms with Crippen molar-refractivity contribution in [3.05, 3.63) is 42.5 Å². The zero-order valence-corrected chi connectivity index (χ0v) is 15.7. The van der Waals surface area contributed by atoms with Crippen molar-refractivity contribution < 1.29 is 13.2 Å². The van der Waals surface area contributed by atoms with Crippen LogP contribution in [0.15, 0.2) is 47.4 Å². The number of nitrogens with zero attached hydrogens (tertiary/aromatic N) is 2. The van der Waals surface area contributed by atoms with E-state index in [0.717, 1.165) is 10.8 Å². The van der Waals surface area contributed by atoms with Crippen molar-refractivity contribution in [3.63, 3.8) is 0 Å². The number of hydrogen-bond acceptors (Lipinski definition) is 3. The number of amides is 1. The molecule has 1 amide bonds. The third kappa shape index (κ3) is 3.55. The second-order valence-corrected chi connectivity index (χ2v) is 9.39. The standard InChI is InChI=1S/C19H24N2O3S/c1-19(2,3)18(22)20-10-12-21(13-11-20)25(23,24)17-9-8-15-6-4-5-7-16(15)14-17/h4-9,14H,10-13H2,1-3H3. The highest BCUT2D eigenvalue weighted by molar-refractivity contribution is 7.89. The topological polar surface area (TPSA) is 57.7 Å². The molecule has 2 aromatic carbocycles. The Balaban J connectivity index is 1.78. The summed E-state index contributed by atoms with van der Waals surface area (Å²) >= 11 is 0. The minimum Gasteiger partial charge on any atom is -0.340 e. The molecule has 0 radical (unpaired) electrons. The van der Waals surface area contributed by atoms with Gasteiger partial charge in [0.15, 0.2) is 0 Å². The van der Waals surface area contributed by atoms with Crippen molar-refractivity contribution in [1.82, 2.24) is 9.21 Å². The number of carbonyl (C=O) groups is 1. The van der Waals surface area contributed by atoms with Crippen LogP contribution in [0.1, 0.15) is 20.8 Å². The number of piperazine rings is 1. The molecule has 0 bridgehead atoms. The molecule has 1 aliphatic heterocycles. The molecule has 1 saturated heterocycles. The van der Waals surface area contributed by atoms with Crippen LogP contribution in [-0.4, -0.2) is 49.7 Å². The Bertz CT molecular complexity index is 892. The van der Waals surface area contributed by atoms with Crippen molar-refractivity contribution in [1.29, 1.82) is 0 Å². The number of rotatable bonds is 2. The average molecular weight is 360 g/mol. The number of hydrogen-bond donors (Lipinski definition) is 0. The quantitative estimate of drug-likeness (QED) is 0.827. The van der Waals surface area contributed by atoms with E-state index in [2.05, 4.69) is 0 Å². The molecule has 134 valence electrons. The third-order valence-electron chi connectivity index (χ3n) is 4.53. The maximum absolute atomic E-state index is 12.9. The number of sulfonamides is 1. The van der Waals surface area contributed by atoms with Gasteiger partial charge in [0, 0.05) is 31.6 Å². The molecule has 1 heterocycles. The predicted octanol–water partition coefficient (Wildman–Crippen LogP) is 2.72. The highest BCUT2D eigenvalue weighted by atomic mass is 32.2. The van der Waals surface area contributed by atoms with Gasteiger partial charge in [-0.15, -0.1) is 0 Å². The van der Waals surface area contributed by atoms with Crippen LogP contribution in [0.2, 0.25) is 0 Å². The summed E-state index contributed by atoms with van der Waals surface area (Å²) in [6, 6.07) is 12.9. The first kappa shape index (κ1) is 17.9. The lowest BCUT2D eigenvalue weighted by Gasteiger charge is -2.37. The molecule has 2 aromatic rings. The summed E-state index contributed by atoms with van der Waals surface area (Å²) < 4.78 is 27.3. The number of carbonyl (C=O) groups excluding carboxylic acids is 1. The Labute approximate surface area is 149 Å². The molecule has 0 aliphatic carbocycles. The Morgan fingerprint density at radius 1 is 0.920 bits per heavy atom. The van der Waals surface area contributed by atoms with Crippen molar-refractivity contribution in [2.45, 2.75) is 25.7 Å². The average Bonchev–Trinajstić information content (AvgIpc) is 2.60. The smallest absolute Gasteiger partial charge is 0.243 e. The van der Waals surface area contributed by atoms with Crippen molar-refractivity contribution >= 4 is 26.7 Å². The van der Waals surface area contributed by atoms with Crippen LogP contribution in [0.25, 0.3) is 10.8 Å². The van der Waals surface area contributed by atoms with Gasteiger partial charge in [-0.3, -0.25) is 4.79 Å². The molecule has 0 spiro atoms. The van der Waals surface area contributed by atoms with Gasteiger partial charge in [-0.25, -0.2) is 8.42 Å². The van der Waals surface area contributed by atoms with E-state index in [-0.39, 0.29) is 5.91 Å². The Morgan fingerprint density at radius 2 is 1.52 bits per heavy atom. The van der Waals surface area contributed by atoms with Gasteiger partial charge in [0.2, 0.25) is 15.9 Å². The Kier molecular flexibility index (Phi) is 4.60. The van der Waals surface area contributed by atoms with Gasteiger partial charge >= 0.3 is 0 Å². The maximum Gasteiger partial charge on any atom is 0.243 e. The molecule has 0 N–H and O–H groups in total. The molecule has 1 aliphatic rings. The van der Waals surface area contributed by atoms with Crippen LogP contribution in [0.5, 0.6) is 0 Å². The summed E-state index contributed by atoms with van der Waals surface area (Å²) in [5.74, 6) is 0.0650.